The second-order valence-corrected chi connectivity index (χ2v) is 8.74. The largest absolute Gasteiger partial charge is 0.432 e. The maximum Gasteiger partial charge on any atom is 0.432 e. The first-order chi connectivity index (χ1) is 15.8. The Labute approximate surface area is 216 Å². The molecule has 4 nitrogen and oxygen atoms in total. The quantitative estimate of drug-likeness (QED) is 0.247. The summed E-state index contributed by atoms with van der Waals surface area (Å²) in [6.45, 7) is 4.54. The van der Waals surface area contributed by atoms with Crippen molar-refractivity contribution in [3.05, 3.63) is 53.4 Å². The molecule has 2 heterocycles. The third-order valence-corrected chi connectivity index (χ3v) is 6.08. The summed E-state index contributed by atoms with van der Waals surface area (Å²) in [4.78, 5) is 3.46. The van der Waals surface area contributed by atoms with Gasteiger partial charge in [0.25, 0.3) is 0 Å². The molecule has 0 amide bonds. The van der Waals surface area contributed by atoms with Crippen LogP contribution in [0.25, 0.3) is 5.57 Å². The number of benzene rings is 1. The Morgan fingerprint density at radius 1 is 1.21 bits per heavy atom. The monoisotopic (exact) mass is 684 g/mol. The van der Waals surface area contributed by atoms with E-state index in [0.29, 0.717) is 17.2 Å². The summed E-state index contributed by atoms with van der Waals surface area (Å²) in [5, 5.41) is 8.39. The minimum Gasteiger partial charge on any atom is -0.376 e. The van der Waals surface area contributed by atoms with E-state index in [2.05, 4.69) is 70.8 Å². The second kappa shape index (κ2) is 11.5. The van der Waals surface area contributed by atoms with Crippen LogP contribution in [0, 0.1) is 5.92 Å². The van der Waals surface area contributed by atoms with Crippen molar-refractivity contribution >= 4 is 54.2 Å². The zero-order valence-corrected chi connectivity index (χ0v) is 23.3. The highest BCUT2D eigenvalue weighted by atomic mass is 128. The van der Waals surface area contributed by atoms with Crippen molar-refractivity contribution in [2.45, 2.75) is 64.2 Å². The summed E-state index contributed by atoms with van der Waals surface area (Å²) in [5.74, 6) is 0.524. The molecular formula is C24H29F3I2N4. The molecule has 1 saturated carbocycles. The molecular weight excluding hydrogens is 655 g/mol. The summed E-state index contributed by atoms with van der Waals surface area (Å²) in [6.07, 6.45) is 1.06. The molecule has 1 fully saturated rings. The number of hydrogen-bond donors (Lipinski definition) is 1. The average molecular weight is 684 g/mol. The first-order valence-corrected chi connectivity index (χ1v) is 17.4. The molecule has 1 aliphatic heterocycles. The fraction of sp³-hybridized carbons (Fsp3) is 0.500. The van der Waals surface area contributed by atoms with Gasteiger partial charge < -0.3 is 5.32 Å². The van der Waals surface area contributed by atoms with E-state index in [1.807, 2.05) is 30.7 Å². The number of fused-ring (bicyclic) bond motifs is 1. The van der Waals surface area contributed by atoms with Gasteiger partial charge in [0.05, 0.1) is 17.4 Å². The van der Waals surface area contributed by atoms with Crippen LogP contribution in [0.2, 0.25) is 0 Å². The zero-order valence-electron chi connectivity index (χ0n) is 19.0. The van der Waals surface area contributed by atoms with Crippen LogP contribution in [0.3, 0.4) is 0 Å². The van der Waals surface area contributed by atoms with Gasteiger partial charge in [0.1, 0.15) is 5.71 Å². The van der Waals surface area contributed by atoms with Gasteiger partial charge in [-0.3, -0.25) is 9.67 Å². The van der Waals surface area contributed by atoms with Crippen LogP contribution in [0.15, 0.2) is 41.4 Å². The SMILES string of the molecule is CN=C(/C=C(/c1cc2n(n1)CCCC2Nc1ccccc1C1CC1)C(C)C)C(F)(F)F.II. The molecule has 0 spiro atoms. The van der Waals surface area contributed by atoms with E-state index in [4.69, 9.17) is 0 Å². The van der Waals surface area contributed by atoms with E-state index in [-0.39, 0.29) is 12.0 Å². The summed E-state index contributed by atoms with van der Waals surface area (Å²) < 4.78 is 41.8. The number of aryl methyl sites for hydroxylation is 1. The van der Waals surface area contributed by atoms with Gasteiger partial charge in [-0.2, -0.15) is 18.3 Å². The third kappa shape index (κ3) is 6.52. The predicted molar refractivity (Wildman–Crippen MR) is 147 cm³/mol. The number of aromatic nitrogens is 2. The van der Waals surface area contributed by atoms with Crippen LogP contribution < -0.4 is 5.32 Å². The fourth-order valence-corrected chi connectivity index (χ4v) is 4.29. The minimum absolute atomic E-state index is 0.0882. The summed E-state index contributed by atoms with van der Waals surface area (Å²) in [5.41, 5.74) is 3.81. The Morgan fingerprint density at radius 3 is 2.52 bits per heavy atom. The Kier molecular flexibility index (Phi) is 9.27. The number of alkyl halides is 3. The summed E-state index contributed by atoms with van der Waals surface area (Å²) >= 11 is 4.24. The van der Waals surface area contributed by atoms with E-state index in [1.54, 1.807) is 0 Å². The van der Waals surface area contributed by atoms with Crippen molar-refractivity contribution in [3.8, 4) is 0 Å². The summed E-state index contributed by atoms with van der Waals surface area (Å²) in [6, 6.07) is 10.5. The average Bonchev–Trinajstić information content (AvgIpc) is 3.53. The topological polar surface area (TPSA) is 42.2 Å². The molecule has 1 aliphatic carbocycles. The smallest absolute Gasteiger partial charge is 0.376 e. The van der Waals surface area contributed by atoms with E-state index >= 15 is 0 Å². The second-order valence-electron chi connectivity index (χ2n) is 8.74. The Morgan fingerprint density at radius 2 is 1.91 bits per heavy atom. The number of rotatable bonds is 6. The number of hydrogen-bond acceptors (Lipinski definition) is 3. The van der Waals surface area contributed by atoms with Gasteiger partial charge in [-0.25, -0.2) is 0 Å². The molecule has 1 aromatic heterocycles. The van der Waals surface area contributed by atoms with Crippen molar-refractivity contribution in [2.75, 3.05) is 12.4 Å². The highest BCUT2D eigenvalue weighted by Crippen LogP contribution is 2.44. The van der Waals surface area contributed by atoms with Gasteiger partial charge >= 0.3 is 6.18 Å². The van der Waals surface area contributed by atoms with Gasteiger partial charge in [-0.1, -0.05) is 32.0 Å². The first kappa shape index (κ1) is 26.5. The molecule has 0 bridgehead atoms. The van der Waals surface area contributed by atoms with Gasteiger partial charge in [0, 0.05) is 56.5 Å². The van der Waals surface area contributed by atoms with Crippen LogP contribution in [-0.4, -0.2) is 28.7 Å². The number of anilines is 1. The highest BCUT2D eigenvalue weighted by molar-refractivity contribution is 15.0. The van der Waals surface area contributed by atoms with Crippen LogP contribution >= 0.6 is 37.2 Å². The molecule has 180 valence electrons. The number of para-hydroxylation sites is 1. The number of allylic oxidation sites excluding steroid dienone is 2. The lowest BCUT2D eigenvalue weighted by atomic mass is 9.96. The van der Waals surface area contributed by atoms with Crippen LogP contribution in [0.5, 0.6) is 0 Å². The van der Waals surface area contributed by atoms with E-state index < -0.39 is 11.9 Å². The molecule has 0 radical (unpaired) electrons. The van der Waals surface area contributed by atoms with E-state index in [1.165, 1.54) is 25.5 Å². The van der Waals surface area contributed by atoms with Gasteiger partial charge in [0.2, 0.25) is 0 Å². The number of nitrogens with zero attached hydrogens (tertiary/aromatic N) is 3. The van der Waals surface area contributed by atoms with Crippen molar-refractivity contribution in [3.63, 3.8) is 0 Å². The standard InChI is InChI=1S/C24H29F3N4.I2/c1-15(2)18(13-23(28-3)24(25,26)27)21-14-22-20(9-6-12-31(22)30-21)29-19-8-5-4-7-17(19)16-10-11-16;1-2/h4-5,7-8,13-16,20,29H,6,9-12H2,1-3H3;/b18-13+,28-23?;. The number of aliphatic imine (C=N–C) groups is 1. The molecule has 2 aliphatic rings. The van der Waals surface area contributed by atoms with Gasteiger partial charge in [-0.15, -0.1) is 0 Å². The molecule has 0 saturated heterocycles. The van der Waals surface area contributed by atoms with Crippen LogP contribution in [0.1, 0.15) is 68.4 Å². The third-order valence-electron chi connectivity index (χ3n) is 6.08. The number of halogens is 5. The summed E-state index contributed by atoms with van der Waals surface area (Å²) in [7, 11) is 1.17. The number of nitrogens with one attached hydrogen (secondary N) is 1. The molecule has 4 rings (SSSR count). The molecule has 1 atom stereocenters. The van der Waals surface area contributed by atoms with Gasteiger partial charge in [-0.05, 0) is 66.9 Å². The molecule has 1 N–H and O–H groups in total. The van der Waals surface area contributed by atoms with Crippen molar-refractivity contribution in [2.24, 2.45) is 10.9 Å². The fourth-order valence-electron chi connectivity index (χ4n) is 4.29. The molecule has 9 heteroatoms. The molecule has 1 aromatic carbocycles. The van der Waals surface area contributed by atoms with Crippen molar-refractivity contribution in [1.29, 1.82) is 0 Å². The van der Waals surface area contributed by atoms with E-state index in [9.17, 15) is 13.2 Å². The molecule has 1 unspecified atom stereocenters. The zero-order chi connectivity index (χ0) is 24.2. The Balaban J connectivity index is 0.00000149. The Bertz CT molecular complexity index is 1010. The Hall–Kier alpha value is -1.11. The lowest BCUT2D eigenvalue weighted by molar-refractivity contribution is -0.0577. The van der Waals surface area contributed by atoms with E-state index in [0.717, 1.165) is 36.8 Å². The minimum atomic E-state index is -4.48. The highest BCUT2D eigenvalue weighted by Gasteiger charge is 2.35. The van der Waals surface area contributed by atoms with Crippen LogP contribution in [-0.2, 0) is 6.54 Å². The predicted octanol–water partition coefficient (Wildman–Crippen LogP) is 8.15. The first-order valence-electron chi connectivity index (χ1n) is 11.1. The van der Waals surface area contributed by atoms with Crippen molar-refractivity contribution < 1.29 is 13.2 Å². The maximum atomic E-state index is 13.3. The maximum absolute atomic E-state index is 13.3. The van der Waals surface area contributed by atoms with Gasteiger partial charge in [0.15, 0.2) is 0 Å². The lowest BCUT2D eigenvalue weighted by Crippen LogP contribution is -2.22. The normalized spacial score (nSPS) is 19.1. The van der Waals surface area contributed by atoms with Crippen molar-refractivity contribution in [1.82, 2.24) is 9.78 Å². The lowest BCUT2D eigenvalue weighted by Gasteiger charge is -2.26. The molecule has 33 heavy (non-hydrogen) atoms. The van der Waals surface area contributed by atoms with Crippen LogP contribution in [0.4, 0.5) is 18.9 Å². The molecule has 2 aromatic rings.